The van der Waals surface area contributed by atoms with Crippen molar-refractivity contribution in [1.82, 2.24) is 0 Å². The number of hydrogen-bond acceptors (Lipinski definition) is 4. The summed E-state index contributed by atoms with van der Waals surface area (Å²) in [4.78, 5) is 24.5. The van der Waals surface area contributed by atoms with Crippen LogP contribution in [0.25, 0.3) is 0 Å². The number of hydrogen-bond donors (Lipinski definition) is 0. The largest absolute Gasteiger partial charge is 0.462 e. The monoisotopic (exact) mass is 312 g/mol. The molecule has 4 nitrogen and oxygen atoms in total. The normalized spacial score (nSPS) is 10.2. The Morgan fingerprint density at radius 3 is 2.22 bits per heavy atom. The molecule has 2 aromatic rings. The van der Waals surface area contributed by atoms with Gasteiger partial charge in [-0.15, -0.1) is 0 Å². The molecule has 0 spiro atoms. The Morgan fingerprint density at radius 2 is 1.57 bits per heavy atom. The first-order valence-electron chi connectivity index (χ1n) is 7.59. The van der Waals surface area contributed by atoms with Crippen molar-refractivity contribution in [2.45, 2.75) is 27.2 Å². The lowest BCUT2D eigenvalue weighted by molar-refractivity contribution is 0.0496. The summed E-state index contributed by atoms with van der Waals surface area (Å²) in [6.07, 6.45) is 0.723. The molecule has 2 aromatic carbocycles. The fourth-order valence-electron chi connectivity index (χ4n) is 2.10. The maximum Gasteiger partial charge on any atom is 0.344 e. The molecule has 0 atom stereocenters. The molecule has 120 valence electrons. The average Bonchev–Trinajstić information content (AvgIpc) is 2.56. The predicted molar refractivity (Wildman–Crippen MR) is 87.9 cm³/mol. The second-order valence-corrected chi connectivity index (χ2v) is 5.27. The maximum absolute atomic E-state index is 12.4. The third kappa shape index (κ3) is 3.97. The molecule has 2 rings (SSSR count). The van der Waals surface area contributed by atoms with Gasteiger partial charge in [0.05, 0.1) is 17.7 Å². The van der Waals surface area contributed by atoms with Gasteiger partial charge in [0.25, 0.3) is 0 Å². The summed E-state index contributed by atoms with van der Waals surface area (Å²) in [6.45, 7) is 6.06. The van der Waals surface area contributed by atoms with Gasteiger partial charge in [-0.1, -0.05) is 31.2 Å². The minimum atomic E-state index is -0.567. The van der Waals surface area contributed by atoms with Gasteiger partial charge in [-0.3, -0.25) is 0 Å². The smallest absolute Gasteiger partial charge is 0.344 e. The van der Waals surface area contributed by atoms with Gasteiger partial charge >= 0.3 is 11.9 Å². The van der Waals surface area contributed by atoms with Crippen LogP contribution in [0.5, 0.6) is 5.75 Å². The molecule has 0 aliphatic carbocycles. The number of aryl methyl sites for hydroxylation is 1. The SMILES string of the molecule is CCCOC(=O)c1ccccc1C(=O)Oc1cccc(C)c1C. The van der Waals surface area contributed by atoms with Gasteiger partial charge in [-0.25, -0.2) is 9.59 Å². The molecule has 0 saturated heterocycles. The highest BCUT2D eigenvalue weighted by atomic mass is 16.5. The van der Waals surface area contributed by atoms with Crippen LogP contribution in [0.4, 0.5) is 0 Å². The van der Waals surface area contributed by atoms with Crippen LogP contribution in [-0.4, -0.2) is 18.5 Å². The van der Waals surface area contributed by atoms with Crippen LogP contribution in [0.15, 0.2) is 42.5 Å². The molecule has 4 heteroatoms. The van der Waals surface area contributed by atoms with Crippen molar-refractivity contribution in [2.24, 2.45) is 0 Å². The zero-order chi connectivity index (χ0) is 16.8. The number of carbonyl (C=O) groups excluding carboxylic acids is 2. The zero-order valence-electron chi connectivity index (χ0n) is 13.6. The molecule has 0 unspecified atom stereocenters. The first-order chi connectivity index (χ1) is 11.0. The summed E-state index contributed by atoms with van der Waals surface area (Å²) in [7, 11) is 0. The van der Waals surface area contributed by atoms with E-state index in [9.17, 15) is 9.59 Å². The van der Waals surface area contributed by atoms with Crippen LogP contribution < -0.4 is 4.74 Å². The molecule has 0 bridgehead atoms. The van der Waals surface area contributed by atoms with E-state index in [0.717, 1.165) is 17.5 Å². The van der Waals surface area contributed by atoms with Gasteiger partial charge in [0.1, 0.15) is 5.75 Å². The van der Waals surface area contributed by atoms with Gasteiger partial charge in [0.15, 0.2) is 0 Å². The lowest BCUT2D eigenvalue weighted by Crippen LogP contribution is -2.16. The second-order valence-electron chi connectivity index (χ2n) is 5.27. The molecule has 0 N–H and O–H groups in total. The molecule has 0 aromatic heterocycles. The predicted octanol–water partition coefficient (Wildman–Crippen LogP) is 4.09. The van der Waals surface area contributed by atoms with E-state index in [-0.39, 0.29) is 11.1 Å². The first-order valence-corrected chi connectivity index (χ1v) is 7.59. The first kappa shape index (κ1) is 16.7. The fraction of sp³-hybridized carbons (Fsp3) is 0.263. The summed E-state index contributed by atoms with van der Waals surface area (Å²) in [6, 6.07) is 12.0. The highest BCUT2D eigenvalue weighted by molar-refractivity contribution is 6.03. The molecule has 0 fully saturated rings. The van der Waals surface area contributed by atoms with Crippen molar-refractivity contribution in [3.8, 4) is 5.75 Å². The molecule has 23 heavy (non-hydrogen) atoms. The molecular weight excluding hydrogens is 292 g/mol. The third-order valence-corrected chi connectivity index (χ3v) is 3.56. The van der Waals surface area contributed by atoms with Crippen LogP contribution in [0, 0.1) is 13.8 Å². The van der Waals surface area contributed by atoms with Crippen LogP contribution in [0.1, 0.15) is 45.2 Å². The van der Waals surface area contributed by atoms with Crippen LogP contribution >= 0.6 is 0 Å². The summed E-state index contributed by atoms with van der Waals surface area (Å²) >= 11 is 0. The van der Waals surface area contributed by atoms with Crippen molar-refractivity contribution in [3.05, 3.63) is 64.7 Å². The lowest BCUT2D eigenvalue weighted by Gasteiger charge is -2.11. The molecule has 0 saturated carbocycles. The molecule has 0 aliphatic heterocycles. The van der Waals surface area contributed by atoms with Gasteiger partial charge in [0, 0.05) is 0 Å². The molecule has 0 radical (unpaired) electrons. The van der Waals surface area contributed by atoms with E-state index in [1.54, 1.807) is 30.3 Å². The number of benzene rings is 2. The Bertz CT molecular complexity index is 719. The van der Waals surface area contributed by atoms with E-state index in [1.165, 1.54) is 0 Å². The van der Waals surface area contributed by atoms with Gasteiger partial charge < -0.3 is 9.47 Å². The quantitative estimate of drug-likeness (QED) is 0.616. The average molecular weight is 312 g/mol. The van der Waals surface area contributed by atoms with Crippen molar-refractivity contribution >= 4 is 11.9 Å². The van der Waals surface area contributed by atoms with E-state index in [4.69, 9.17) is 9.47 Å². The summed E-state index contributed by atoms with van der Waals surface area (Å²) in [5.74, 6) is -0.588. The molecule has 0 aliphatic rings. The number of ether oxygens (including phenoxy) is 2. The van der Waals surface area contributed by atoms with Crippen LogP contribution in [0.3, 0.4) is 0 Å². The standard InChI is InChI=1S/C19H20O4/c1-4-12-22-18(20)15-9-5-6-10-16(15)19(21)23-17-11-7-8-13(2)14(17)3/h5-11H,4,12H2,1-3H3. The zero-order valence-corrected chi connectivity index (χ0v) is 13.6. The number of rotatable bonds is 5. The topological polar surface area (TPSA) is 52.6 Å². The minimum absolute atomic E-state index is 0.203. The molecular formula is C19H20O4. The summed E-state index contributed by atoms with van der Waals surface area (Å²) in [5.41, 5.74) is 2.35. The Balaban J connectivity index is 2.26. The highest BCUT2D eigenvalue weighted by Crippen LogP contribution is 2.22. The van der Waals surface area contributed by atoms with Crippen molar-refractivity contribution < 1.29 is 19.1 Å². The minimum Gasteiger partial charge on any atom is -0.462 e. The number of esters is 2. The Morgan fingerprint density at radius 1 is 0.913 bits per heavy atom. The highest BCUT2D eigenvalue weighted by Gasteiger charge is 2.20. The van der Waals surface area contributed by atoms with E-state index < -0.39 is 11.9 Å². The van der Waals surface area contributed by atoms with Crippen molar-refractivity contribution in [2.75, 3.05) is 6.61 Å². The molecule has 0 heterocycles. The van der Waals surface area contributed by atoms with E-state index in [1.807, 2.05) is 32.9 Å². The van der Waals surface area contributed by atoms with Gasteiger partial charge in [-0.2, -0.15) is 0 Å². The second kappa shape index (κ2) is 7.58. The van der Waals surface area contributed by atoms with Gasteiger partial charge in [-0.05, 0) is 49.6 Å². The fourth-order valence-corrected chi connectivity index (χ4v) is 2.10. The van der Waals surface area contributed by atoms with Crippen molar-refractivity contribution in [1.29, 1.82) is 0 Å². The maximum atomic E-state index is 12.4. The Labute approximate surface area is 136 Å². The van der Waals surface area contributed by atoms with Crippen LogP contribution in [-0.2, 0) is 4.74 Å². The third-order valence-electron chi connectivity index (χ3n) is 3.56. The van der Waals surface area contributed by atoms with Crippen molar-refractivity contribution in [3.63, 3.8) is 0 Å². The van der Waals surface area contributed by atoms with E-state index in [2.05, 4.69) is 0 Å². The van der Waals surface area contributed by atoms with Crippen LogP contribution in [0.2, 0.25) is 0 Å². The number of carbonyl (C=O) groups is 2. The van der Waals surface area contributed by atoms with Gasteiger partial charge in [0.2, 0.25) is 0 Å². The summed E-state index contributed by atoms with van der Waals surface area (Å²) < 4.78 is 10.6. The van der Waals surface area contributed by atoms with E-state index in [0.29, 0.717) is 12.4 Å². The summed E-state index contributed by atoms with van der Waals surface area (Å²) in [5, 5.41) is 0. The lowest BCUT2D eigenvalue weighted by atomic mass is 10.1. The molecule has 0 amide bonds. The Kier molecular flexibility index (Phi) is 5.52. The van der Waals surface area contributed by atoms with E-state index >= 15 is 0 Å². The Hall–Kier alpha value is -2.62.